The highest BCUT2D eigenvalue weighted by atomic mass is 79.9. The SMILES string of the molecule is CCNC(=NCc1ccc(Br)cc1C)NC1CCN(CC(F)F)CC1. The van der Waals surface area contributed by atoms with E-state index in [0.29, 0.717) is 19.6 Å². The summed E-state index contributed by atoms with van der Waals surface area (Å²) in [5.41, 5.74) is 2.39. The van der Waals surface area contributed by atoms with Gasteiger partial charge in [0.05, 0.1) is 13.1 Å². The zero-order chi connectivity index (χ0) is 18.2. The predicted octanol–water partition coefficient (Wildman–Crippen LogP) is 3.54. The second-order valence-corrected chi connectivity index (χ2v) is 7.29. The molecule has 2 rings (SSSR count). The van der Waals surface area contributed by atoms with Gasteiger partial charge in [0.1, 0.15) is 0 Å². The summed E-state index contributed by atoms with van der Waals surface area (Å²) in [6.45, 7) is 6.79. The van der Waals surface area contributed by atoms with Crippen LogP contribution < -0.4 is 10.6 Å². The van der Waals surface area contributed by atoms with Gasteiger partial charge in [-0.1, -0.05) is 22.0 Å². The zero-order valence-electron chi connectivity index (χ0n) is 14.9. The first-order chi connectivity index (χ1) is 12.0. The molecule has 0 unspecified atom stereocenters. The molecule has 0 atom stereocenters. The van der Waals surface area contributed by atoms with Crippen LogP contribution in [0.4, 0.5) is 8.78 Å². The summed E-state index contributed by atoms with van der Waals surface area (Å²) in [6.07, 6.45) is -0.541. The van der Waals surface area contributed by atoms with Crippen LogP contribution in [0, 0.1) is 6.92 Å². The number of rotatable bonds is 6. The molecule has 0 aliphatic carbocycles. The average molecular weight is 417 g/mol. The van der Waals surface area contributed by atoms with Crippen LogP contribution in [-0.4, -0.2) is 49.5 Å². The predicted molar refractivity (Wildman–Crippen MR) is 102 cm³/mol. The highest BCUT2D eigenvalue weighted by Gasteiger charge is 2.21. The number of guanidine groups is 1. The molecule has 0 bridgehead atoms. The normalized spacial score (nSPS) is 17.1. The van der Waals surface area contributed by atoms with E-state index in [1.807, 2.05) is 17.9 Å². The first kappa shape index (κ1) is 20.1. The molecule has 2 N–H and O–H groups in total. The zero-order valence-corrected chi connectivity index (χ0v) is 16.5. The molecule has 1 aliphatic rings. The first-order valence-electron chi connectivity index (χ1n) is 8.78. The summed E-state index contributed by atoms with van der Waals surface area (Å²) >= 11 is 3.48. The van der Waals surface area contributed by atoms with Crippen molar-refractivity contribution >= 4 is 21.9 Å². The molecule has 1 aromatic rings. The van der Waals surface area contributed by atoms with Crippen molar-refractivity contribution < 1.29 is 8.78 Å². The maximum absolute atomic E-state index is 12.5. The van der Waals surface area contributed by atoms with E-state index < -0.39 is 6.43 Å². The molecule has 140 valence electrons. The van der Waals surface area contributed by atoms with Gasteiger partial charge in [0.25, 0.3) is 6.43 Å². The van der Waals surface area contributed by atoms with Gasteiger partial charge in [-0.2, -0.15) is 0 Å². The molecule has 1 fully saturated rings. The van der Waals surface area contributed by atoms with Gasteiger partial charge in [-0.3, -0.25) is 4.90 Å². The first-order valence-corrected chi connectivity index (χ1v) is 9.57. The number of alkyl halides is 2. The quantitative estimate of drug-likeness (QED) is 0.550. The Balaban J connectivity index is 1.90. The monoisotopic (exact) mass is 416 g/mol. The molecule has 0 aromatic heterocycles. The second-order valence-electron chi connectivity index (χ2n) is 6.38. The molecule has 0 saturated carbocycles. The standard InChI is InChI=1S/C18H27BrF2N4/c1-3-22-18(23-11-14-4-5-15(19)10-13(14)2)24-16-6-8-25(9-7-16)12-17(20)21/h4-5,10,16-17H,3,6-9,11-12H2,1-2H3,(H2,22,23,24). The molecule has 0 spiro atoms. The van der Waals surface area contributed by atoms with Gasteiger partial charge in [0.2, 0.25) is 0 Å². The topological polar surface area (TPSA) is 39.7 Å². The molecular formula is C18H27BrF2N4. The minimum absolute atomic E-state index is 0.121. The highest BCUT2D eigenvalue weighted by molar-refractivity contribution is 9.10. The third-order valence-electron chi connectivity index (χ3n) is 4.38. The molecule has 0 amide bonds. The summed E-state index contributed by atoms with van der Waals surface area (Å²) in [6, 6.07) is 6.47. The Kier molecular flexibility index (Phi) is 8.09. The number of hydrogen-bond donors (Lipinski definition) is 2. The Morgan fingerprint density at radius 2 is 2.08 bits per heavy atom. The van der Waals surface area contributed by atoms with E-state index in [2.05, 4.69) is 50.6 Å². The lowest BCUT2D eigenvalue weighted by atomic mass is 10.1. The number of aryl methyl sites for hydroxylation is 1. The van der Waals surface area contributed by atoms with Gasteiger partial charge in [-0.05, 0) is 49.9 Å². The number of piperidine rings is 1. The molecule has 25 heavy (non-hydrogen) atoms. The van der Waals surface area contributed by atoms with E-state index in [4.69, 9.17) is 0 Å². The van der Waals surface area contributed by atoms with Gasteiger partial charge in [-0.15, -0.1) is 0 Å². The van der Waals surface area contributed by atoms with Crippen LogP contribution in [0.15, 0.2) is 27.7 Å². The number of nitrogens with one attached hydrogen (secondary N) is 2. The molecule has 1 saturated heterocycles. The van der Waals surface area contributed by atoms with E-state index in [9.17, 15) is 8.78 Å². The van der Waals surface area contributed by atoms with Gasteiger partial charge < -0.3 is 10.6 Å². The molecule has 4 nitrogen and oxygen atoms in total. The van der Waals surface area contributed by atoms with Crippen LogP contribution in [0.25, 0.3) is 0 Å². The van der Waals surface area contributed by atoms with Crippen LogP contribution in [0.5, 0.6) is 0 Å². The summed E-state index contributed by atoms with van der Waals surface area (Å²) in [5, 5.41) is 6.72. The highest BCUT2D eigenvalue weighted by Crippen LogP contribution is 2.17. The Hall–Kier alpha value is -1.21. The summed E-state index contributed by atoms with van der Waals surface area (Å²) in [5.74, 6) is 0.789. The van der Waals surface area contributed by atoms with Crippen LogP contribution >= 0.6 is 15.9 Å². The van der Waals surface area contributed by atoms with Gasteiger partial charge in [-0.25, -0.2) is 13.8 Å². The summed E-state index contributed by atoms with van der Waals surface area (Å²) in [7, 11) is 0. The van der Waals surface area contributed by atoms with E-state index in [-0.39, 0.29) is 12.6 Å². The van der Waals surface area contributed by atoms with Crippen molar-refractivity contribution in [3.05, 3.63) is 33.8 Å². The summed E-state index contributed by atoms with van der Waals surface area (Å²) < 4.78 is 26.0. The van der Waals surface area contributed by atoms with Crippen LogP contribution in [0.1, 0.15) is 30.9 Å². The van der Waals surface area contributed by atoms with E-state index in [1.165, 1.54) is 11.1 Å². The van der Waals surface area contributed by atoms with Crippen LogP contribution in [-0.2, 0) is 6.54 Å². The van der Waals surface area contributed by atoms with Gasteiger partial charge in [0.15, 0.2) is 5.96 Å². The number of halogens is 3. The molecule has 1 aliphatic heterocycles. The smallest absolute Gasteiger partial charge is 0.251 e. The van der Waals surface area contributed by atoms with E-state index >= 15 is 0 Å². The van der Waals surface area contributed by atoms with Gasteiger partial charge >= 0.3 is 0 Å². The maximum atomic E-state index is 12.5. The largest absolute Gasteiger partial charge is 0.357 e. The van der Waals surface area contributed by atoms with Crippen molar-refractivity contribution in [1.29, 1.82) is 0 Å². The lowest BCUT2D eigenvalue weighted by molar-refractivity contribution is 0.0744. The van der Waals surface area contributed by atoms with Gasteiger partial charge in [0, 0.05) is 30.1 Å². The minimum Gasteiger partial charge on any atom is -0.357 e. The number of nitrogens with zero attached hydrogens (tertiary/aromatic N) is 2. The van der Waals surface area contributed by atoms with E-state index in [0.717, 1.165) is 29.8 Å². The molecule has 7 heteroatoms. The number of likely N-dealkylation sites (tertiary alicyclic amines) is 1. The number of benzene rings is 1. The number of hydrogen-bond acceptors (Lipinski definition) is 2. The summed E-state index contributed by atoms with van der Waals surface area (Å²) in [4.78, 5) is 6.51. The van der Waals surface area contributed by atoms with Crippen molar-refractivity contribution in [3.8, 4) is 0 Å². The van der Waals surface area contributed by atoms with Crippen LogP contribution in [0.2, 0.25) is 0 Å². The average Bonchev–Trinajstić information content (AvgIpc) is 2.55. The second kappa shape index (κ2) is 10.1. The van der Waals surface area contributed by atoms with E-state index in [1.54, 1.807) is 0 Å². The molecular weight excluding hydrogens is 390 g/mol. The fraction of sp³-hybridized carbons (Fsp3) is 0.611. The van der Waals surface area contributed by atoms with Crippen LogP contribution in [0.3, 0.4) is 0 Å². The maximum Gasteiger partial charge on any atom is 0.251 e. The van der Waals surface area contributed by atoms with Crippen molar-refractivity contribution in [2.24, 2.45) is 4.99 Å². The molecule has 1 aromatic carbocycles. The lowest BCUT2D eigenvalue weighted by Crippen LogP contribution is -2.49. The molecule has 0 radical (unpaired) electrons. The van der Waals surface area contributed by atoms with Crippen molar-refractivity contribution in [1.82, 2.24) is 15.5 Å². The Morgan fingerprint density at radius 3 is 2.68 bits per heavy atom. The fourth-order valence-corrected chi connectivity index (χ4v) is 3.44. The Bertz CT molecular complexity index is 572. The van der Waals surface area contributed by atoms with Crippen molar-refractivity contribution in [2.75, 3.05) is 26.2 Å². The van der Waals surface area contributed by atoms with Crippen molar-refractivity contribution in [2.45, 2.75) is 45.7 Å². The third kappa shape index (κ3) is 6.90. The third-order valence-corrected chi connectivity index (χ3v) is 4.87. The Morgan fingerprint density at radius 1 is 1.36 bits per heavy atom. The Labute approximate surface area is 157 Å². The fourth-order valence-electron chi connectivity index (χ4n) is 2.97. The lowest BCUT2D eigenvalue weighted by Gasteiger charge is -2.32. The molecule has 1 heterocycles. The van der Waals surface area contributed by atoms with Crippen molar-refractivity contribution in [3.63, 3.8) is 0 Å². The minimum atomic E-state index is -2.25. The number of aliphatic imine (C=N–C) groups is 1.